The summed E-state index contributed by atoms with van der Waals surface area (Å²) >= 11 is 5.80. The van der Waals surface area contributed by atoms with Gasteiger partial charge in [0, 0.05) is 19.0 Å². The lowest BCUT2D eigenvalue weighted by Crippen LogP contribution is -2.26. The first kappa shape index (κ1) is 14.7. The van der Waals surface area contributed by atoms with Gasteiger partial charge in [0.1, 0.15) is 15.7 Å². The van der Waals surface area contributed by atoms with Crippen molar-refractivity contribution in [1.29, 1.82) is 0 Å². The number of nitrogens with zero attached hydrogens (tertiary/aromatic N) is 1. The van der Waals surface area contributed by atoms with E-state index in [4.69, 9.17) is 17.3 Å². The van der Waals surface area contributed by atoms with Gasteiger partial charge in [-0.1, -0.05) is 11.6 Å². The minimum absolute atomic E-state index is 0.0273. The van der Waals surface area contributed by atoms with E-state index < -0.39 is 15.7 Å². The van der Waals surface area contributed by atoms with Gasteiger partial charge >= 0.3 is 0 Å². The molecule has 3 N–H and O–H groups in total. The van der Waals surface area contributed by atoms with Crippen molar-refractivity contribution in [2.45, 2.75) is 6.42 Å². The fourth-order valence-corrected chi connectivity index (χ4v) is 2.12. The number of carbonyl (C=O) groups excluding carboxylic acids is 1. The first-order chi connectivity index (χ1) is 8.29. The Morgan fingerprint density at radius 3 is 2.83 bits per heavy atom. The lowest BCUT2D eigenvalue weighted by molar-refractivity contribution is 0.0954. The fraction of sp³-hybridized carbons (Fsp3) is 0.400. The van der Waals surface area contributed by atoms with Crippen LogP contribution in [0.2, 0.25) is 5.02 Å². The predicted molar refractivity (Wildman–Crippen MR) is 70.3 cm³/mol. The normalized spacial score (nSPS) is 11.2. The molecule has 0 aromatic carbocycles. The average Bonchev–Trinajstić information content (AvgIpc) is 2.26. The Labute approximate surface area is 110 Å². The molecule has 0 saturated carbocycles. The van der Waals surface area contributed by atoms with Crippen LogP contribution >= 0.6 is 11.6 Å². The van der Waals surface area contributed by atoms with Gasteiger partial charge in [-0.2, -0.15) is 0 Å². The average molecular weight is 292 g/mol. The highest BCUT2D eigenvalue weighted by Gasteiger charge is 2.11. The van der Waals surface area contributed by atoms with Crippen molar-refractivity contribution in [3.63, 3.8) is 0 Å². The molecule has 0 radical (unpaired) electrons. The zero-order valence-electron chi connectivity index (χ0n) is 9.81. The summed E-state index contributed by atoms with van der Waals surface area (Å²) in [7, 11) is -3.01. The largest absolute Gasteiger partial charge is 0.384 e. The highest BCUT2D eigenvalue weighted by molar-refractivity contribution is 7.90. The van der Waals surface area contributed by atoms with Gasteiger partial charge in [0.15, 0.2) is 0 Å². The van der Waals surface area contributed by atoms with Crippen LogP contribution in [0.15, 0.2) is 12.3 Å². The van der Waals surface area contributed by atoms with Crippen molar-refractivity contribution in [2.75, 3.05) is 24.3 Å². The number of aromatic nitrogens is 1. The van der Waals surface area contributed by atoms with Crippen molar-refractivity contribution in [3.8, 4) is 0 Å². The second kappa shape index (κ2) is 6.01. The maximum absolute atomic E-state index is 11.7. The van der Waals surface area contributed by atoms with Gasteiger partial charge in [-0.15, -0.1) is 0 Å². The Morgan fingerprint density at radius 2 is 2.22 bits per heavy atom. The Kier molecular flexibility index (Phi) is 4.92. The number of carbonyl (C=O) groups is 1. The SMILES string of the molecule is CS(=O)(=O)CCCNC(=O)c1cc(N)ncc1Cl. The molecule has 0 aliphatic rings. The maximum atomic E-state index is 11.7. The van der Waals surface area contributed by atoms with E-state index in [1.165, 1.54) is 12.3 Å². The fourth-order valence-electron chi connectivity index (χ4n) is 1.26. The molecular weight excluding hydrogens is 278 g/mol. The summed E-state index contributed by atoms with van der Waals surface area (Å²) in [6, 6.07) is 1.37. The van der Waals surface area contributed by atoms with E-state index in [1.54, 1.807) is 0 Å². The molecular formula is C10H14ClN3O3S. The molecule has 0 spiro atoms. The van der Waals surface area contributed by atoms with Gasteiger partial charge in [-0.25, -0.2) is 13.4 Å². The van der Waals surface area contributed by atoms with Crippen molar-refractivity contribution < 1.29 is 13.2 Å². The molecule has 1 heterocycles. The van der Waals surface area contributed by atoms with Crippen molar-refractivity contribution in [1.82, 2.24) is 10.3 Å². The number of nitrogens with two attached hydrogens (primary N) is 1. The molecule has 100 valence electrons. The molecule has 8 heteroatoms. The number of halogens is 1. The molecule has 0 bridgehead atoms. The number of nitrogen functional groups attached to an aromatic ring is 1. The summed E-state index contributed by atoms with van der Waals surface area (Å²) in [5.74, 6) is -0.178. The van der Waals surface area contributed by atoms with Gasteiger partial charge in [0.2, 0.25) is 0 Å². The summed E-state index contributed by atoms with van der Waals surface area (Å²) in [4.78, 5) is 15.5. The molecule has 1 aromatic rings. The van der Waals surface area contributed by atoms with Crippen molar-refractivity contribution >= 4 is 33.2 Å². The second-order valence-corrected chi connectivity index (χ2v) is 6.50. The van der Waals surface area contributed by atoms with Crippen molar-refractivity contribution in [3.05, 3.63) is 22.8 Å². The smallest absolute Gasteiger partial charge is 0.252 e. The van der Waals surface area contributed by atoms with E-state index in [-0.39, 0.29) is 28.7 Å². The van der Waals surface area contributed by atoms with Crippen LogP contribution in [-0.2, 0) is 9.84 Å². The molecule has 18 heavy (non-hydrogen) atoms. The second-order valence-electron chi connectivity index (χ2n) is 3.83. The summed E-state index contributed by atoms with van der Waals surface area (Å²) in [6.07, 6.45) is 2.79. The van der Waals surface area contributed by atoms with Gasteiger partial charge in [-0.3, -0.25) is 4.79 Å². The monoisotopic (exact) mass is 291 g/mol. The van der Waals surface area contributed by atoms with Crippen LogP contribution in [0.3, 0.4) is 0 Å². The van der Waals surface area contributed by atoms with Gasteiger partial charge in [-0.05, 0) is 12.5 Å². The lowest BCUT2D eigenvalue weighted by atomic mass is 10.2. The van der Waals surface area contributed by atoms with E-state index in [1.807, 2.05) is 0 Å². The number of amides is 1. The van der Waals surface area contributed by atoms with Crippen LogP contribution in [0.4, 0.5) is 5.82 Å². The van der Waals surface area contributed by atoms with Gasteiger partial charge < -0.3 is 11.1 Å². The molecule has 0 fully saturated rings. The number of hydrogen-bond donors (Lipinski definition) is 2. The van der Waals surface area contributed by atoms with E-state index in [0.29, 0.717) is 6.42 Å². The third-order valence-electron chi connectivity index (χ3n) is 2.10. The summed E-state index contributed by atoms with van der Waals surface area (Å²) in [5.41, 5.74) is 5.67. The van der Waals surface area contributed by atoms with E-state index in [9.17, 15) is 13.2 Å². The van der Waals surface area contributed by atoms with Crippen LogP contribution in [0.1, 0.15) is 16.8 Å². The Balaban J connectivity index is 2.53. The summed E-state index contributed by atoms with van der Waals surface area (Å²) in [5, 5.41) is 2.77. The summed E-state index contributed by atoms with van der Waals surface area (Å²) < 4.78 is 21.8. The predicted octanol–water partition coefficient (Wildman–Crippen LogP) is 0.482. The van der Waals surface area contributed by atoms with Crippen LogP contribution < -0.4 is 11.1 Å². The van der Waals surface area contributed by atoms with Crippen LogP contribution in [-0.4, -0.2) is 37.9 Å². The topological polar surface area (TPSA) is 102 Å². The van der Waals surface area contributed by atoms with E-state index in [2.05, 4.69) is 10.3 Å². The van der Waals surface area contributed by atoms with E-state index in [0.717, 1.165) is 6.26 Å². The zero-order chi connectivity index (χ0) is 13.8. The number of sulfone groups is 1. The molecule has 1 amide bonds. The molecule has 1 rings (SSSR count). The molecule has 0 aliphatic heterocycles. The Bertz CT molecular complexity index is 545. The molecule has 0 unspecified atom stereocenters. The maximum Gasteiger partial charge on any atom is 0.252 e. The quantitative estimate of drug-likeness (QED) is 0.768. The van der Waals surface area contributed by atoms with Crippen LogP contribution in [0.25, 0.3) is 0 Å². The van der Waals surface area contributed by atoms with Crippen molar-refractivity contribution in [2.24, 2.45) is 0 Å². The highest BCUT2D eigenvalue weighted by atomic mass is 35.5. The number of hydrogen-bond acceptors (Lipinski definition) is 5. The first-order valence-corrected chi connectivity index (χ1v) is 7.60. The van der Waals surface area contributed by atoms with Crippen LogP contribution in [0, 0.1) is 0 Å². The number of rotatable bonds is 5. The minimum atomic E-state index is -3.01. The minimum Gasteiger partial charge on any atom is -0.384 e. The number of anilines is 1. The molecule has 1 aromatic heterocycles. The molecule has 0 atom stereocenters. The number of pyridine rings is 1. The zero-order valence-corrected chi connectivity index (χ0v) is 11.4. The van der Waals surface area contributed by atoms with Crippen LogP contribution in [0.5, 0.6) is 0 Å². The Morgan fingerprint density at radius 1 is 1.56 bits per heavy atom. The molecule has 6 nitrogen and oxygen atoms in total. The lowest BCUT2D eigenvalue weighted by Gasteiger charge is -2.06. The first-order valence-electron chi connectivity index (χ1n) is 5.16. The summed E-state index contributed by atoms with van der Waals surface area (Å²) in [6.45, 7) is 0.254. The van der Waals surface area contributed by atoms with E-state index >= 15 is 0 Å². The Hall–Kier alpha value is -1.34. The number of nitrogens with one attached hydrogen (secondary N) is 1. The molecule has 0 saturated heterocycles. The standard InChI is InChI=1S/C10H14ClN3O3S/c1-18(16,17)4-2-3-13-10(15)7-5-9(12)14-6-8(7)11/h5-6H,2-4H2,1H3,(H2,12,14)(H,13,15). The third kappa shape index (κ3) is 4.89. The molecule has 0 aliphatic carbocycles. The highest BCUT2D eigenvalue weighted by Crippen LogP contribution is 2.16. The van der Waals surface area contributed by atoms with Gasteiger partial charge in [0.05, 0.1) is 16.3 Å². The van der Waals surface area contributed by atoms with Gasteiger partial charge in [0.25, 0.3) is 5.91 Å². The third-order valence-corrected chi connectivity index (χ3v) is 3.43.